The van der Waals surface area contributed by atoms with Gasteiger partial charge in [-0.25, -0.2) is 17.2 Å². The molecule has 0 aromatic heterocycles. The zero-order valence-corrected chi connectivity index (χ0v) is 12.9. The molecule has 2 rings (SSSR count). The van der Waals surface area contributed by atoms with Crippen LogP contribution in [0.5, 0.6) is 0 Å². The quantitative estimate of drug-likeness (QED) is 0.790. The van der Waals surface area contributed by atoms with E-state index in [0.29, 0.717) is 18.9 Å². The van der Waals surface area contributed by atoms with E-state index in [-0.39, 0.29) is 19.7 Å². The molecular formula is C14H17F2NO4S. The lowest BCUT2D eigenvalue weighted by molar-refractivity contribution is -0.149. The van der Waals surface area contributed by atoms with Crippen molar-refractivity contribution >= 4 is 16.0 Å². The molecule has 1 aromatic carbocycles. The van der Waals surface area contributed by atoms with E-state index < -0.39 is 38.4 Å². The number of hydrogen-bond donors (Lipinski definition) is 0. The fourth-order valence-corrected chi connectivity index (χ4v) is 4.03. The Morgan fingerprint density at radius 1 is 1.41 bits per heavy atom. The van der Waals surface area contributed by atoms with E-state index in [1.54, 1.807) is 6.92 Å². The van der Waals surface area contributed by atoms with Gasteiger partial charge < -0.3 is 4.74 Å². The number of carbonyl (C=O) groups excluding carboxylic acids is 1. The van der Waals surface area contributed by atoms with Crippen molar-refractivity contribution in [3.63, 3.8) is 0 Å². The van der Waals surface area contributed by atoms with Crippen molar-refractivity contribution in [2.45, 2.75) is 24.7 Å². The third-order valence-corrected chi connectivity index (χ3v) is 5.40. The first-order valence-electron chi connectivity index (χ1n) is 6.98. The van der Waals surface area contributed by atoms with E-state index in [2.05, 4.69) is 0 Å². The van der Waals surface area contributed by atoms with E-state index in [4.69, 9.17) is 4.74 Å². The summed E-state index contributed by atoms with van der Waals surface area (Å²) in [7, 11) is -4.19. The van der Waals surface area contributed by atoms with Gasteiger partial charge in [-0.3, -0.25) is 4.79 Å². The molecule has 1 aliphatic rings. The fraction of sp³-hybridized carbons (Fsp3) is 0.500. The predicted octanol–water partition coefficient (Wildman–Crippen LogP) is 1.93. The number of sulfonamides is 1. The summed E-state index contributed by atoms with van der Waals surface area (Å²) in [5.41, 5.74) is 0. The molecule has 1 atom stereocenters. The number of ether oxygens (including phenoxy) is 1. The molecule has 0 aliphatic carbocycles. The van der Waals surface area contributed by atoms with Crippen LogP contribution in [0.15, 0.2) is 23.1 Å². The van der Waals surface area contributed by atoms with E-state index in [9.17, 15) is 22.0 Å². The number of rotatable bonds is 4. The van der Waals surface area contributed by atoms with Crippen molar-refractivity contribution in [2.24, 2.45) is 5.92 Å². The minimum absolute atomic E-state index is 0.0862. The molecule has 22 heavy (non-hydrogen) atoms. The second-order valence-corrected chi connectivity index (χ2v) is 6.94. The number of esters is 1. The van der Waals surface area contributed by atoms with Crippen LogP contribution in [0.4, 0.5) is 8.78 Å². The maximum atomic E-state index is 13.7. The normalized spacial score (nSPS) is 19.9. The Labute approximate surface area is 127 Å². The van der Waals surface area contributed by atoms with Gasteiger partial charge in [-0.2, -0.15) is 4.31 Å². The summed E-state index contributed by atoms with van der Waals surface area (Å²) in [6, 6.07) is 2.28. The number of nitrogens with zero attached hydrogens (tertiary/aromatic N) is 1. The number of halogens is 2. The van der Waals surface area contributed by atoms with Crippen LogP contribution in [0, 0.1) is 17.6 Å². The van der Waals surface area contributed by atoms with Crippen molar-refractivity contribution < 1.29 is 26.7 Å². The van der Waals surface area contributed by atoms with Crippen molar-refractivity contribution in [3.05, 3.63) is 29.8 Å². The molecule has 1 aromatic rings. The van der Waals surface area contributed by atoms with E-state index >= 15 is 0 Å². The lowest BCUT2D eigenvalue weighted by Crippen LogP contribution is -2.43. The summed E-state index contributed by atoms with van der Waals surface area (Å²) in [6.07, 6.45) is 0.968. The molecule has 0 N–H and O–H groups in total. The molecule has 1 fully saturated rings. The summed E-state index contributed by atoms with van der Waals surface area (Å²) in [6.45, 7) is 1.95. The van der Waals surface area contributed by atoms with Gasteiger partial charge in [-0.15, -0.1) is 0 Å². The molecule has 122 valence electrons. The molecule has 5 nitrogen and oxygen atoms in total. The Bertz CT molecular complexity index is 663. The van der Waals surface area contributed by atoms with Crippen molar-refractivity contribution in [3.8, 4) is 0 Å². The summed E-state index contributed by atoms with van der Waals surface area (Å²) in [5, 5.41) is 0. The van der Waals surface area contributed by atoms with E-state index in [1.807, 2.05) is 0 Å². The number of piperidine rings is 1. The van der Waals surface area contributed by atoms with E-state index in [0.717, 1.165) is 16.4 Å². The maximum absolute atomic E-state index is 13.7. The lowest BCUT2D eigenvalue weighted by atomic mass is 10.0. The smallest absolute Gasteiger partial charge is 0.310 e. The largest absolute Gasteiger partial charge is 0.466 e. The molecule has 1 unspecified atom stereocenters. The van der Waals surface area contributed by atoms with Crippen LogP contribution >= 0.6 is 0 Å². The Hall–Kier alpha value is -1.54. The van der Waals surface area contributed by atoms with Gasteiger partial charge in [0.2, 0.25) is 10.0 Å². The zero-order valence-electron chi connectivity index (χ0n) is 12.1. The monoisotopic (exact) mass is 333 g/mol. The molecule has 0 spiro atoms. The highest BCUT2D eigenvalue weighted by Gasteiger charge is 2.35. The van der Waals surface area contributed by atoms with Gasteiger partial charge in [0.05, 0.1) is 12.5 Å². The lowest BCUT2D eigenvalue weighted by Gasteiger charge is -2.30. The molecule has 1 heterocycles. The Morgan fingerprint density at radius 3 is 2.82 bits per heavy atom. The third-order valence-electron chi connectivity index (χ3n) is 3.52. The van der Waals surface area contributed by atoms with Crippen molar-refractivity contribution in [1.29, 1.82) is 0 Å². The SMILES string of the molecule is CCOC(=O)C1CCCN(S(=O)(=O)c2cc(F)ccc2F)C1. The van der Waals surface area contributed by atoms with Gasteiger partial charge in [-0.05, 0) is 38.0 Å². The highest BCUT2D eigenvalue weighted by atomic mass is 32.2. The van der Waals surface area contributed by atoms with Crippen LogP contribution in [0.1, 0.15) is 19.8 Å². The molecule has 0 bridgehead atoms. The molecule has 8 heteroatoms. The zero-order chi connectivity index (χ0) is 16.3. The molecule has 1 aliphatic heterocycles. The molecule has 0 radical (unpaired) electrons. The van der Waals surface area contributed by atoms with Crippen LogP contribution < -0.4 is 0 Å². The summed E-state index contributed by atoms with van der Waals surface area (Å²) in [5.74, 6) is -2.90. The predicted molar refractivity (Wildman–Crippen MR) is 74.5 cm³/mol. The van der Waals surface area contributed by atoms with Crippen LogP contribution in [0.25, 0.3) is 0 Å². The van der Waals surface area contributed by atoms with E-state index in [1.165, 1.54) is 0 Å². The van der Waals surface area contributed by atoms with Gasteiger partial charge in [0, 0.05) is 13.1 Å². The van der Waals surface area contributed by atoms with Gasteiger partial charge in [0.1, 0.15) is 16.5 Å². The van der Waals surface area contributed by atoms with Gasteiger partial charge in [0.15, 0.2) is 0 Å². The second-order valence-electron chi connectivity index (χ2n) is 5.03. The highest BCUT2D eigenvalue weighted by molar-refractivity contribution is 7.89. The minimum atomic E-state index is -4.19. The van der Waals surface area contributed by atoms with Crippen molar-refractivity contribution in [2.75, 3.05) is 19.7 Å². The van der Waals surface area contributed by atoms with Crippen molar-refractivity contribution in [1.82, 2.24) is 4.31 Å². The molecular weight excluding hydrogens is 316 g/mol. The molecule has 0 amide bonds. The Morgan fingerprint density at radius 2 is 2.14 bits per heavy atom. The first-order valence-corrected chi connectivity index (χ1v) is 8.42. The number of benzene rings is 1. The first kappa shape index (κ1) is 16.8. The van der Waals surface area contributed by atoms with Crippen LogP contribution in [0.2, 0.25) is 0 Å². The highest BCUT2D eigenvalue weighted by Crippen LogP contribution is 2.26. The first-order chi connectivity index (χ1) is 10.4. The summed E-state index contributed by atoms with van der Waals surface area (Å²) >= 11 is 0. The Balaban J connectivity index is 2.25. The maximum Gasteiger partial charge on any atom is 0.310 e. The standard InChI is InChI=1S/C14H17F2NO4S/c1-2-21-14(18)10-4-3-7-17(9-10)22(19,20)13-8-11(15)5-6-12(13)16/h5-6,8,10H,2-4,7,9H2,1H3. The van der Waals surface area contributed by atoms with Crippen LogP contribution in [-0.4, -0.2) is 38.4 Å². The second kappa shape index (κ2) is 6.70. The molecule has 0 saturated carbocycles. The Kier molecular flexibility index (Phi) is 5.12. The topological polar surface area (TPSA) is 63.7 Å². The number of carbonyl (C=O) groups is 1. The van der Waals surface area contributed by atoms with Crippen LogP contribution in [0.3, 0.4) is 0 Å². The average molecular weight is 333 g/mol. The number of hydrogen-bond acceptors (Lipinski definition) is 4. The van der Waals surface area contributed by atoms with Gasteiger partial charge >= 0.3 is 5.97 Å². The minimum Gasteiger partial charge on any atom is -0.466 e. The van der Waals surface area contributed by atoms with Crippen LogP contribution in [-0.2, 0) is 19.6 Å². The average Bonchev–Trinajstić information content (AvgIpc) is 2.50. The van der Waals surface area contributed by atoms with Gasteiger partial charge in [-0.1, -0.05) is 0 Å². The summed E-state index contributed by atoms with van der Waals surface area (Å²) in [4.78, 5) is 11.0. The fourth-order valence-electron chi connectivity index (χ4n) is 2.43. The van der Waals surface area contributed by atoms with Gasteiger partial charge in [0.25, 0.3) is 0 Å². The summed E-state index contributed by atoms with van der Waals surface area (Å²) < 4.78 is 57.8. The third kappa shape index (κ3) is 3.44. The molecule has 1 saturated heterocycles.